The minimum absolute atomic E-state index is 0.0513. The molecule has 0 saturated heterocycles. The van der Waals surface area contributed by atoms with Gasteiger partial charge >= 0.3 is 0 Å². The third kappa shape index (κ3) is 4.98. The topological polar surface area (TPSA) is 62.6 Å². The smallest absolute Gasteiger partial charge is 0.268 e. The number of carbonyl (C=O) groups excluding carboxylic acids is 1. The molecule has 0 saturated carbocycles. The predicted octanol–water partition coefficient (Wildman–Crippen LogP) is 6.08. The van der Waals surface area contributed by atoms with Gasteiger partial charge in [-0.05, 0) is 54.0 Å². The van der Waals surface area contributed by atoms with E-state index in [1.165, 1.54) is 7.11 Å². The average Bonchev–Trinajstić information content (AvgIpc) is 3.26. The Hall–Kier alpha value is -3.46. The summed E-state index contributed by atoms with van der Waals surface area (Å²) >= 11 is 12.2. The molecule has 3 aromatic carbocycles. The SMILES string of the molecule is COc1cc(C=C(C#N)C(=O)N2CCc3ccccc32)ccc1OCc1ccc(Cl)cc1Cl. The van der Waals surface area contributed by atoms with Crippen LogP contribution in [0.4, 0.5) is 5.69 Å². The molecule has 0 fully saturated rings. The third-order valence-electron chi connectivity index (χ3n) is 5.38. The highest BCUT2D eigenvalue weighted by atomic mass is 35.5. The van der Waals surface area contributed by atoms with Gasteiger partial charge in [0.1, 0.15) is 18.2 Å². The molecule has 1 heterocycles. The maximum atomic E-state index is 13.0. The van der Waals surface area contributed by atoms with E-state index in [-0.39, 0.29) is 18.1 Å². The van der Waals surface area contributed by atoms with E-state index in [0.717, 1.165) is 23.2 Å². The maximum Gasteiger partial charge on any atom is 0.268 e. The molecule has 0 unspecified atom stereocenters. The molecular formula is C26H20Cl2N2O3. The first-order valence-corrected chi connectivity index (χ1v) is 11.0. The number of rotatable bonds is 6. The summed E-state index contributed by atoms with van der Waals surface area (Å²) in [6.07, 6.45) is 2.34. The van der Waals surface area contributed by atoms with Crippen LogP contribution < -0.4 is 14.4 Å². The van der Waals surface area contributed by atoms with E-state index in [0.29, 0.717) is 33.7 Å². The number of hydrogen-bond acceptors (Lipinski definition) is 4. The Kier molecular flexibility index (Phi) is 6.88. The van der Waals surface area contributed by atoms with E-state index >= 15 is 0 Å². The summed E-state index contributed by atoms with van der Waals surface area (Å²) in [5.41, 5.74) is 3.45. The molecule has 0 radical (unpaired) electrons. The lowest BCUT2D eigenvalue weighted by Crippen LogP contribution is -2.29. The molecular weight excluding hydrogens is 459 g/mol. The number of halogens is 2. The lowest BCUT2D eigenvalue weighted by atomic mass is 10.1. The molecule has 1 aliphatic rings. The van der Waals surface area contributed by atoms with Crippen molar-refractivity contribution < 1.29 is 14.3 Å². The first kappa shape index (κ1) is 22.7. The van der Waals surface area contributed by atoms with E-state index in [9.17, 15) is 10.1 Å². The summed E-state index contributed by atoms with van der Waals surface area (Å²) in [5.74, 6) is 0.670. The van der Waals surface area contributed by atoms with Gasteiger partial charge in [0.15, 0.2) is 11.5 Å². The zero-order valence-electron chi connectivity index (χ0n) is 17.8. The molecule has 4 rings (SSSR count). The number of para-hydroxylation sites is 1. The van der Waals surface area contributed by atoms with Crippen molar-refractivity contribution in [1.29, 1.82) is 5.26 Å². The summed E-state index contributed by atoms with van der Waals surface area (Å²) in [6.45, 7) is 0.790. The Morgan fingerprint density at radius 2 is 1.94 bits per heavy atom. The highest BCUT2D eigenvalue weighted by Gasteiger charge is 2.26. The molecule has 33 heavy (non-hydrogen) atoms. The van der Waals surface area contributed by atoms with Crippen LogP contribution in [0.3, 0.4) is 0 Å². The molecule has 0 N–H and O–H groups in total. The fraction of sp³-hybridized carbons (Fsp3) is 0.154. The van der Waals surface area contributed by atoms with Crippen LogP contribution in [0, 0.1) is 11.3 Å². The monoisotopic (exact) mass is 478 g/mol. The van der Waals surface area contributed by atoms with Crippen molar-refractivity contribution in [3.05, 3.63) is 93.0 Å². The van der Waals surface area contributed by atoms with Crippen LogP contribution in [0.1, 0.15) is 16.7 Å². The standard InChI is InChI=1S/C26H20Cl2N2O3/c1-32-25-13-17(6-9-24(25)33-16-19-7-8-21(27)14-22(19)28)12-20(15-29)26(31)30-11-10-18-4-2-3-5-23(18)30/h2-9,12-14H,10-11,16H2,1H3. The van der Waals surface area contributed by atoms with Crippen LogP contribution in [0.15, 0.2) is 66.2 Å². The Bertz CT molecular complexity index is 1280. The molecule has 166 valence electrons. The van der Waals surface area contributed by atoms with Gasteiger partial charge in [0.25, 0.3) is 5.91 Å². The molecule has 0 bridgehead atoms. The number of nitrogens with zero attached hydrogens (tertiary/aromatic N) is 2. The maximum absolute atomic E-state index is 13.0. The molecule has 0 aliphatic carbocycles. The third-order valence-corrected chi connectivity index (χ3v) is 5.97. The van der Waals surface area contributed by atoms with Gasteiger partial charge in [-0.1, -0.05) is 53.5 Å². The molecule has 0 aromatic heterocycles. The Morgan fingerprint density at radius 3 is 2.70 bits per heavy atom. The van der Waals surface area contributed by atoms with Crippen molar-refractivity contribution in [2.75, 3.05) is 18.6 Å². The number of carbonyl (C=O) groups is 1. The van der Waals surface area contributed by atoms with Crippen molar-refractivity contribution in [1.82, 2.24) is 0 Å². The van der Waals surface area contributed by atoms with Crippen LogP contribution in [-0.2, 0) is 17.8 Å². The number of ether oxygens (including phenoxy) is 2. The highest BCUT2D eigenvalue weighted by Crippen LogP contribution is 2.32. The van der Waals surface area contributed by atoms with Crippen molar-refractivity contribution in [2.45, 2.75) is 13.0 Å². The van der Waals surface area contributed by atoms with Crippen molar-refractivity contribution in [3.63, 3.8) is 0 Å². The van der Waals surface area contributed by atoms with E-state index in [1.54, 1.807) is 47.4 Å². The summed E-state index contributed by atoms with van der Waals surface area (Å²) in [5, 5.41) is 10.7. The lowest BCUT2D eigenvalue weighted by Gasteiger charge is -2.17. The summed E-state index contributed by atoms with van der Waals surface area (Å²) in [6, 6.07) is 20.2. The van der Waals surface area contributed by atoms with Gasteiger partial charge in [0, 0.05) is 27.8 Å². The van der Waals surface area contributed by atoms with Gasteiger partial charge < -0.3 is 14.4 Å². The van der Waals surface area contributed by atoms with Gasteiger partial charge in [-0.2, -0.15) is 5.26 Å². The van der Waals surface area contributed by atoms with E-state index in [4.69, 9.17) is 32.7 Å². The molecule has 0 spiro atoms. The number of fused-ring (bicyclic) bond motifs is 1. The second-order valence-corrected chi connectivity index (χ2v) is 8.28. The predicted molar refractivity (Wildman–Crippen MR) is 130 cm³/mol. The van der Waals surface area contributed by atoms with Crippen LogP contribution in [0.5, 0.6) is 11.5 Å². The minimum Gasteiger partial charge on any atom is -0.493 e. The fourth-order valence-electron chi connectivity index (χ4n) is 3.69. The number of nitriles is 1. The highest BCUT2D eigenvalue weighted by molar-refractivity contribution is 6.35. The van der Waals surface area contributed by atoms with Crippen LogP contribution >= 0.6 is 23.2 Å². The largest absolute Gasteiger partial charge is 0.493 e. The molecule has 5 nitrogen and oxygen atoms in total. The number of amides is 1. The quantitative estimate of drug-likeness (QED) is 0.318. The fourth-order valence-corrected chi connectivity index (χ4v) is 4.15. The zero-order chi connectivity index (χ0) is 23.4. The van der Waals surface area contributed by atoms with Crippen molar-refractivity contribution >= 4 is 40.9 Å². The van der Waals surface area contributed by atoms with Gasteiger partial charge in [0.2, 0.25) is 0 Å². The van der Waals surface area contributed by atoms with Crippen LogP contribution in [0.2, 0.25) is 10.0 Å². The van der Waals surface area contributed by atoms with Gasteiger partial charge in [-0.25, -0.2) is 0 Å². The summed E-state index contributed by atoms with van der Waals surface area (Å²) < 4.78 is 11.3. The van der Waals surface area contributed by atoms with E-state index < -0.39 is 0 Å². The number of benzene rings is 3. The molecule has 1 aliphatic heterocycles. The van der Waals surface area contributed by atoms with Crippen molar-refractivity contribution in [3.8, 4) is 17.6 Å². The summed E-state index contributed by atoms with van der Waals surface area (Å²) in [4.78, 5) is 14.7. The normalized spacial score (nSPS) is 12.8. The second-order valence-electron chi connectivity index (χ2n) is 7.44. The van der Waals surface area contributed by atoms with E-state index in [1.807, 2.05) is 30.3 Å². The van der Waals surface area contributed by atoms with Crippen LogP contribution in [0.25, 0.3) is 6.08 Å². The molecule has 0 atom stereocenters. The first-order chi connectivity index (χ1) is 16.0. The number of anilines is 1. The first-order valence-electron chi connectivity index (χ1n) is 10.3. The Labute approximate surface area is 202 Å². The molecule has 7 heteroatoms. The molecule has 1 amide bonds. The van der Waals surface area contributed by atoms with Crippen molar-refractivity contribution in [2.24, 2.45) is 0 Å². The lowest BCUT2D eigenvalue weighted by molar-refractivity contribution is -0.114. The van der Waals surface area contributed by atoms with Gasteiger partial charge in [-0.15, -0.1) is 0 Å². The summed E-state index contributed by atoms with van der Waals surface area (Å²) in [7, 11) is 1.53. The van der Waals surface area contributed by atoms with E-state index in [2.05, 4.69) is 0 Å². The van der Waals surface area contributed by atoms with Crippen LogP contribution in [-0.4, -0.2) is 19.6 Å². The zero-order valence-corrected chi connectivity index (χ0v) is 19.4. The second kappa shape index (κ2) is 9.99. The van der Waals surface area contributed by atoms with Gasteiger partial charge in [-0.3, -0.25) is 4.79 Å². The minimum atomic E-state index is -0.320. The number of hydrogen-bond donors (Lipinski definition) is 0. The average molecular weight is 479 g/mol. The Morgan fingerprint density at radius 1 is 1.12 bits per heavy atom. The molecule has 3 aromatic rings. The Balaban J connectivity index is 1.53. The number of methoxy groups -OCH3 is 1. The van der Waals surface area contributed by atoms with Gasteiger partial charge in [0.05, 0.1) is 7.11 Å².